The zero-order chi connectivity index (χ0) is 18.5. The van der Waals surface area contributed by atoms with Gasteiger partial charge in [0.05, 0.1) is 5.69 Å². The Morgan fingerprint density at radius 1 is 1.35 bits per heavy atom. The molecule has 1 amide bonds. The van der Waals surface area contributed by atoms with Crippen LogP contribution in [0.2, 0.25) is 5.15 Å². The van der Waals surface area contributed by atoms with Gasteiger partial charge in [-0.3, -0.25) is 9.48 Å². The number of piperazine rings is 1. The van der Waals surface area contributed by atoms with Crippen LogP contribution >= 0.6 is 22.9 Å². The first kappa shape index (κ1) is 18.9. The van der Waals surface area contributed by atoms with Crippen molar-refractivity contribution in [1.29, 1.82) is 0 Å². The monoisotopic (exact) mass is 393 g/mol. The molecule has 0 bridgehead atoms. The summed E-state index contributed by atoms with van der Waals surface area (Å²) in [5.41, 5.74) is 1.68. The van der Waals surface area contributed by atoms with E-state index in [9.17, 15) is 4.79 Å². The number of hydrogen-bond acceptors (Lipinski definition) is 5. The number of rotatable bonds is 6. The lowest BCUT2D eigenvalue weighted by Gasteiger charge is -2.34. The molecule has 0 aliphatic carbocycles. The molecule has 0 radical (unpaired) electrons. The first-order chi connectivity index (χ1) is 12.6. The van der Waals surface area contributed by atoms with E-state index in [1.54, 1.807) is 23.5 Å². The molecule has 140 valence electrons. The number of nitrogens with zero attached hydrogens (tertiary/aromatic N) is 5. The molecule has 0 spiro atoms. The average molecular weight is 394 g/mol. The van der Waals surface area contributed by atoms with Crippen LogP contribution in [0.15, 0.2) is 17.7 Å². The molecule has 2 aromatic heterocycles. The number of carbonyl (C=O) groups is 1. The minimum Gasteiger partial charge on any atom is -0.345 e. The number of amides is 1. The highest BCUT2D eigenvalue weighted by atomic mass is 35.5. The van der Waals surface area contributed by atoms with E-state index in [4.69, 9.17) is 11.6 Å². The average Bonchev–Trinajstić information content (AvgIpc) is 3.27. The molecule has 0 unspecified atom stereocenters. The van der Waals surface area contributed by atoms with Gasteiger partial charge < -0.3 is 9.80 Å². The van der Waals surface area contributed by atoms with Crippen molar-refractivity contribution in [3.63, 3.8) is 0 Å². The van der Waals surface area contributed by atoms with Gasteiger partial charge in [0.15, 0.2) is 5.13 Å². The highest BCUT2D eigenvalue weighted by molar-refractivity contribution is 7.13. The third-order valence-electron chi connectivity index (χ3n) is 4.51. The summed E-state index contributed by atoms with van der Waals surface area (Å²) in [6.45, 7) is 7.88. The molecule has 0 N–H and O–H groups in total. The van der Waals surface area contributed by atoms with Crippen LogP contribution in [0.5, 0.6) is 0 Å². The van der Waals surface area contributed by atoms with E-state index in [2.05, 4.69) is 21.9 Å². The Kier molecular flexibility index (Phi) is 6.32. The summed E-state index contributed by atoms with van der Waals surface area (Å²) >= 11 is 8.05. The fourth-order valence-corrected chi connectivity index (χ4v) is 3.98. The lowest BCUT2D eigenvalue weighted by atomic mass is 10.2. The van der Waals surface area contributed by atoms with Crippen molar-refractivity contribution in [2.75, 3.05) is 31.1 Å². The number of hydrogen-bond donors (Lipinski definition) is 0. The summed E-state index contributed by atoms with van der Waals surface area (Å²) in [4.78, 5) is 20.9. The molecular weight excluding hydrogens is 370 g/mol. The van der Waals surface area contributed by atoms with E-state index in [0.29, 0.717) is 18.2 Å². The molecule has 1 fully saturated rings. The van der Waals surface area contributed by atoms with Gasteiger partial charge in [-0.25, -0.2) is 4.98 Å². The number of anilines is 1. The van der Waals surface area contributed by atoms with Crippen molar-refractivity contribution in [3.8, 4) is 0 Å². The second kappa shape index (κ2) is 8.68. The van der Waals surface area contributed by atoms with Crippen molar-refractivity contribution in [1.82, 2.24) is 19.7 Å². The number of halogens is 1. The van der Waals surface area contributed by atoms with Crippen LogP contribution in [0.3, 0.4) is 0 Å². The fraction of sp³-hybridized carbons (Fsp3) is 0.500. The van der Waals surface area contributed by atoms with E-state index >= 15 is 0 Å². The largest absolute Gasteiger partial charge is 0.345 e. The van der Waals surface area contributed by atoms with Crippen molar-refractivity contribution in [2.45, 2.75) is 33.2 Å². The Morgan fingerprint density at radius 3 is 2.77 bits per heavy atom. The van der Waals surface area contributed by atoms with Gasteiger partial charge in [0, 0.05) is 55.9 Å². The predicted molar refractivity (Wildman–Crippen MR) is 107 cm³/mol. The molecule has 6 nitrogen and oxygen atoms in total. The van der Waals surface area contributed by atoms with Gasteiger partial charge in [-0.05, 0) is 19.4 Å². The van der Waals surface area contributed by atoms with Crippen molar-refractivity contribution in [2.24, 2.45) is 0 Å². The van der Waals surface area contributed by atoms with E-state index in [1.807, 2.05) is 28.1 Å². The van der Waals surface area contributed by atoms with Crippen LogP contribution in [-0.4, -0.2) is 51.8 Å². The third-order valence-corrected chi connectivity index (χ3v) is 5.74. The second-order valence-electron chi connectivity index (χ2n) is 6.33. The number of unbranched alkanes of at least 4 members (excludes halogenated alkanes) is 1. The maximum atomic E-state index is 12.5. The van der Waals surface area contributed by atoms with Crippen LogP contribution < -0.4 is 4.90 Å². The van der Waals surface area contributed by atoms with E-state index in [-0.39, 0.29) is 5.91 Å². The zero-order valence-corrected chi connectivity index (χ0v) is 16.8. The Balaban J connectivity index is 1.59. The van der Waals surface area contributed by atoms with Gasteiger partial charge in [0.1, 0.15) is 5.15 Å². The van der Waals surface area contributed by atoms with Gasteiger partial charge in [0.2, 0.25) is 5.91 Å². The van der Waals surface area contributed by atoms with Crippen molar-refractivity contribution in [3.05, 3.63) is 34.1 Å². The third kappa shape index (κ3) is 4.27. The zero-order valence-electron chi connectivity index (χ0n) is 15.2. The van der Waals surface area contributed by atoms with E-state index < -0.39 is 0 Å². The summed E-state index contributed by atoms with van der Waals surface area (Å²) in [5.74, 6) is 0.0144. The minimum absolute atomic E-state index is 0.0144. The summed E-state index contributed by atoms with van der Waals surface area (Å²) in [5, 5.41) is 8.08. The summed E-state index contributed by atoms with van der Waals surface area (Å²) in [6, 6.07) is 0. The minimum atomic E-state index is 0.0144. The Hall–Kier alpha value is -1.86. The molecule has 0 atom stereocenters. The molecular formula is C18H24ClN5OS. The highest BCUT2D eigenvalue weighted by Crippen LogP contribution is 2.22. The number of aryl methyl sites for hydroxylation is 2. The van der Waals surface area contributed by atoms with E-state index in [1.165, 1.54) is 0 Å². The molecule has 26 heavy (non-hydrogen) atoms. The molecule has 0 saturated carbocycles. The first-order valence-electron chi connectivity index (χ1n) is 8.94. The molecule has 1 aliphatic heterocycles. The topological polar surface area (TPSA) is 54.3 Å². The molecule has 1 aliphatic rings. The summed E-state index contributed by atoms with van der Waals surface area (Å²) in [7, 11) is 0. The van der Waals surface area contributed by atoms with Gasteiger partial charge in [-0.1, -0.05) is 24.9 Å². The molecule has 3 heterocycles. The Bertz CT molecular complexity index is 763. The maximum Gasteiger partial charge on any atom is 0.246 e. The second-order valence-corrected chi connectivity index (χ2v) is 7.56. The number of carbonyl (C=O) groups excluding carboxylic acids is 1. The SMILES string of the molecule is CCCCn1nc(C)c(/C=C/C(=O)N2CCN(c3nccs3)CC2)c1Cl. The highest BCUT2D eigenvalue weighted by Gasteiger charge is 2.21. The van der Waals surface area contributed by atoms with E-state index in [0.717, 1.165) is 48.9 Å². The summed E-state index contributed by atoms with van der Waals surface area (Å²) < 4.78 is 1.82. The molecule has 1 saturated heterocycles. The van der Waals surface area contributed by atoms with Crippen LogP contribution in [0.25, 0.3) is 6.08 Å². The van der Waals surface area contributed by atoms with Crippen molar-refractivity contribution >= 4 is 40.1 Å². The molecule has 0 aromatic carbocycles. The summed E-state index contributed by atoms with van der Waals surface area (Å²) in [6.07, 6.45) is 7.34. The number of aromatic nitrogens is 3. The standard InChI is InChI=1S/C18H24ClN5OS/c1-3-4-8-24-17(19)15(14(2)21-24)5-6-16(25)22-9-11-23(12-10-22)18-20-7-13-26-18/h5-7,13H,3-4,8-12H2,1-2H3/b6-5+. The van der Waals surface area contributed by atoms with Gasteiger partial charge in [-0.15, -0.1) is 11.3 Å². The Morgan fingerprint density at radius 2 is 2.12 bits per heavy atom. The van der Waals surface area contributed by atoms with Crippen molar-refractivity contribution < 1.29 is 4.79 Å². The quantitative estimate of drug-likeness (QED) is 0.705. The lowest BCUT2D eigenvalue weighted by Crippen LogP contribution is -2.48. The predicted octanol–water partition coefficient (Wildman–Crippen LogP) is 3.46. The van der Waals surface area contributed by atoms with Crippen LogP contribution in [0.1, 0.15) is 31.0 Å². The smallest absolute Gasteiger partial charge is 0.246 e. The lowest BCUT2D eigenvalue weighted by molar-refractivity contribution is -0.126. The number of thiazole rings is 1. The molecule has 8 heteroatoms. The van der Waals surface area contributed by atoms with Crippen LogP contribution in [0.4, 0.5) is 5.13 Å². The Labute approximate surface area is 163 Å². The fourth-order valence-electron chi connectivity index (χ4n) is 2.96. The molecule has 3 rings (SSSR count). The first-order valence-corrected chi connectivity index (χ1v) is 10.2. The maximum absolute atomic E-state index is 12.5. The van der Waals surface area contributed by atoms with Crippen LogP contribution in [0, 0.1) is 6.92 Å². The van der Waals surface area contributed by atoms with Gasteiger partial charge in [-0.2, -0.15) is 5.10 Å². The van der Waals surface area contributed by atoms with Gasteiger partial charge in [0.25, 0.3) is 0 Å². The van der Waals surface area contributed by atoms with Gasteiger partial charge >= 0.3 is 0 Å². The molecule has 2 aromatic rings. The normalized spacial score (nSPS) is 15.2. The van der Waals surface area contributed by atoms with Crippen LogP contribution in [-0.2, 0) is 11.3 Å².